The largest absolute Gasteiger partial charge is 0.325 e. The summed E-state index contributed by atoms with van der Waals surface area (Å²) in [7, 11) is -3.82. The molecular weight excluding hydrogens is 387 g/mol. The first-order valence-electron chi connectivity index (χ1n) is 6.60. The van der Waals surface area contributed by atoms with Gasteiger partial charge in [0.05, 0.1) is 11.4 Å². The molecule has 0 unspecified atom stereocenters. The summed E-state index contributed by atoms with van der Waals surface area (Å²) in [6.07, 6.45) is 0. The average Bonchev–Trinajstić information content (AvgIpc) is 2.49. The lowest BCUT2D eigenvalue weighted by Crippen LogP contribution is -2.33. The summed E-state index contributed by atoms with van der Waals surface area (Å²) in [6.45, 7) is 1.14. The van der Waals surface area contributed by atoms with E-state index in [-0.39, 0.29) is 10.6 Å². The van der Waals surface area contributed by atoms with Gasteiger partial charge in [-0.05, 0) is 52.7 Å². The van der Waals surface area contributed by atoms with Crippen LogP contribution in [0.2, 0.25) is 0 Å². The van der Waals surface area contributed by atoms with Gasteiger partial charge in [0.1, 0.15) is 5.82 Å². The zero-order chi connectivity index (χ0) is 17.0. The van der Waals surface area contributed by atoms with Gasteiger partial charge in [0.15, 0.2) is 0 Å². The molecule has 2 N–H and O–H groups in total. The number of rotatable bonds is 5. The lowest BCUT2D eigenvalue weighted by atomic mass is 10.2. The summed E-state index contributed by atoms with van der Waals surface area (Å²) < 4.78 is 40.3. The molecule has 23 heavy (non-hydrogen) atoms. The van der Waals surface area contributed by atoms with Crippen molar-refractivity contribution in [2.75, 3.05) is 11.9 Å². The molecule has 122 valence electrons. The second kappa shape index (κ2) is 7.20. The summed E-state index contributed by atoms with van der Waals surface area (Å²) in [6, 6.07) is 10.5. The minimum Gasteiger partial charge on any atom is -0.325 e. The Morgan fingerprint density at radius 2 is 1.91 bits per heavy atom. The second-order valence-corrected chi connectivity index (χ2v) is 7.36. The number of nitrogens with one attached hydrogen (secondary N) is 2. The number of benzene rings is 2. The molecule has 0 saturated carbocycles. The second-order valence-electron chi connectivity index (χ2n) is 4.77. The first kappa shape index (κ1) is 17.6. The van der Waals surface area contributed by atoms with E-state index in [9.17, 15) is 17.6 Å². The first-order chi connectivity index (χ1) is 10.8. The Kier molecular flexibility index (Phi) is 5.51. The topological polar surface area (TPSA) is 75.3 Å². The van der Waals surface area contributed by atoms with Crippen LogP contribution >= 0.6 is 15.9 Å². The van der Waals surface area contributed by atoms with E-state index in [0.29, 0.717) is 10.0 Å². The average molecular weight is 401 g/mol. The summed E-state index contributed by atoms with van der Waals surface area (Å²) >= 11 is 3.15. The molecule has 0 aromatic heterocycles. The highest BCUT2D eigenvalue weighted by Crippen LogP contribution is 2.20. The number of hydrogen-bond donors (Lipinski definition) is 2. The quantitative estimate of drug-likeness (QED) is 0.809. The number of hydrogen-bond acceptors (Lipinski definition) is 3. The molecule has 0 bridgehead atoms. The van der Waals surface area contributed by atoms with Gasteiger partial charge >= 0.3 is 0 Å². The van der Waals surface area contributed by atoms with Crippen molar-refractivity contribution in [2.24, 2.45) is 0 Å². The molecule has 0 spiro atoms. The van der Waals surface area contributed by atoms with Crippen molar-refractivity contribution in [3.8, 4) is 0 Å². The maximum atomic E-state index is 13.4. The number of carbonyl (C=O) groups is 1. The smallest absolute Gasteiger partial charge is 0.242 e. The Morgan fingerprint density at radius 3 is 2.57 bits per heavy atom. The molecule has 0 aliphatic rings. The zero-order valence-corrected chi connectivity index (χ0v) is 14.5. The maximum absolute atomic E-state index is 13.4. The van der Waals surface area contributed by atoms with Crippen molar-refractivity contribution in [2.45, 2.75) is 11.8 Å². The molecule has 0 fully saturated rings. The third-order valence-electron chi connectivity index (χ3n) is 3.00. The fourth-order valence-electron chi connectivity index (χ4n) is 1.78. The van der Waals surface area contributed by atoms with Gasteiger partial charge in [-0.3, -0.25) is 4.79 Å². The molecule has 0 saturated heterocycles. The molecule has 2 rings (SSSR count). The van der Waals surface area contributed by atoms with E-state index in [1.54, 1.807) is 31.2 Å². The minimum absolute atomic E-state index is 0.0363. The van der Waals surface area contributed by atoms with E-state index in [2.05, 4.69) is 26.0 Å². The van der Waals surface area contributed by atoms with E-state index in [1.165, 1.54) is 18.2 Å². The third kappa shape index (κ3) is 4.60. The number of halogens is 2. The van der Waals surface area contributed by atoms with E-state index in [4.69, 9.17) is 0 Å². The summed E-state index contributed by atoms with van der Waals surface area (Å²) in [5.41, 5.74) is 0.718. The van der Waals surface area contributed by atoms with Gasteiger partial charge in [-0.15, -0.1) is 0 Å². The van der Waals surface area contributed by atoms with Gasteiger partial charge in [-0.1, -0.05) is 18.2 Å². The van der Waals surface area contributed by atoms with E-state index in [1.807, 2.05) is 0 Å². The van der Waals surface area contributed by atoms with Crippen LogP contribution in [0.3, 0.4) is 0 Å². The van der Waals surface area contributed by atoms with Crippen LogP contribution in [0.4, 0.5) is 10.1 Å². The fourth-order valence-corrected chi connectivity index (χ4v) is 3.76. The lowest BCUT2D eigenvalue weighted by molar-refractivity contribution is -0.115. The highest BCUT2D eigenvalue weighted by molar-refractivity contribution is 9.10. The third-order valence-corrected chi connectivity index (χ3v) is 5.42. The van der Waals surface area contributed by atoms with Gasteiger partial charge < -0.3 is 5.32 Å². The highest BCUT2D eigenvalue weighted by atomic mass is 79.9. The lowest BCUT2D eigenvalue weighted by Gasteiger charge is -2.09. The van der Waals surface area contributed by atoms with Gasteiger partial charge in [0.2, 0.25) is 15.9 Å². The van der Waals surface area contributed by atoms with Crippen LogP contribution in [-0.4, -0.2) is 20.9 Å². The number of anilines is 1. The number of amides is 1. The van der Waals surface area contributed by atoms with Crippen molar-refractivity contribution in [1.29, 1.82) is 0 Å². The predicted octanol–water partition coefficient (Wildman–Crippen LogP) is 2.81. The molecule has 2 aromatic carbocycles. The van der Waals surface area contributed by atoms with Crippen LogP contribution in [0, 0.1) is 12.7 Å². The summed E-state index contributed by atoms with van der Waals surface area (Å²) in [5, 5.41) is 2.43. The SMILES string of the molecule is Cc1ccc(NC(=O)CNS(=O)(=O)c2ccccc2Br)cc1F. The number of aryl methyl sites for hydroxylation is 1. The monoisotopic (exact) mass is 400 g/mol. The van der Waals surface area contributed by atoms with Crippen LogP contribution in [0.5, 0.6) is 0 Å². The van der Waals surface area contributed by atoms with E-state index in [0.717, 1.165) is 0 Å². The van der Waals surface area contributed by atoms with Crippen molar-refractivity contribution in [1.82, 2.24) is 4.72 Å². The van der Waals surface area contributed by atoms with Gasteiger partial charge in [0.25, 0.3) is 0 Å². The van der Waals surface area contributed by atoms with Crippen molar-refractivity contribution in [3.05, 3.63) is 58.3 Å². The Labute approximate surface area is 142 Å². The molecular formula is C15H14BrFN2O3S. The number of carbonyl (C=O) groups excluding carboxylic acids is 1. The summed E-state index contributed by atoms with van der Waals surface area (Å²) in [5.74, 6) is -1.04. The highest BCUT2D eigenvalue weighted by Gasteiger charge is 2.18. The Hall–Kier alpha value is -1.77. The van der Waals surface area contributed by atoms with Crippen LogP contribution in [0.25, 0.3) is 0 Å². The van der Waals surface area contributed by atoms with Crippen molar-refractivity contribution in [3.63, 3.8) is 0 Å². The molecule has 0 radical (unpaired) electrons. The van der Waals surface area contributed by atoms with E-state index < -0.39 is 28.3 Å². The predicted molar refractivity (Wildman–Crippen MR) is 89.1 cm³/mol. The van der Waals surface area contributed by atoms with Gasteiger partial charge in [-0.25, -0.2) is 17.5 Å². The maximum Gasteiger partial charge on any atom is 0.242 e. The molecule has 0 heterocycles. The normalized spacial score (nSPS) is 11.3. The fraction of sp³-hybridized carbons (Fsp3) is 0.133. The Bertz CT molecular complexity index is 840. The summed E-state index contributed by atoms with van der Waals surface area (Å²) in [4.78, 5) is 11.8. The number of sulfonamides is 1. The van der Waals surface area contributed by atoms with Crippen molar-refractivity contribution < 1.29 is 17.6 Å². The Balaban J connectivity index is 2.01. The van der Waals surface area contributed by atoms with E-state index >= 15 is 0 Å². The zero-order valence-electron chi connectivity index (χ0n) is 12.1. The van der Waals surface area contributed by atoms with Gasteiger partial charge in [-0.2, -0.15) is 0 Å². The van der Waals surface area contributed by atoms with Gasteiger partial charge in [0, 0.05) is 10.2 Å². The molecule has 0 aliphatic heterocycles. The standard InChI is InChI=1S/C15H14BrFN2O3S/c1-10-6-7-11(8-13(10)17)19-15(20)9-18-23(21,22)14-5-3-2-4-12(14)16/h2-8,18H,9H2,1H3,(H,19,20). The molecule has 5 nitrogen and oxygen atoms in total. The van der Waals surface area contributed by atoms with Crippen LogP contribution in [-0.2, 0) is 14.8 Å². The minimum atomic E-state index is -3.82. The first-order valence-corrected chi connectivity index (χ1v) is 8.87. The van der Waals surface area contributed by atoms with Crippen LogP contribution < -0.4 is 10.0 Å². The Morgan fingerprint density at radius 1 is 1.22 bits per heavy atom. The molecule has 1 amide bonds. The molecule has 2 aromatic rings. The van der Waals surface area contributed by atoms with Crippen molar-refractivity contribution >= 4 is 37.5 Å². The molecule has 8 heteroatoms. The molecule has 0 atom stereocenters. The van der Waals surface area contributed by atoms with Crippen LogP contribution in [0.15, 0.2) is 51.8 Å². The van der Waals surface area contributed by atoms with Crippen LogP contribution in [0.1, 0.15) is 5.56 Å². The molecule has 0 aliphatic carbocycles.